The normalized spacial score (nSPS) is 14.4. The number of hydrogen-bond acceptors (Lipinski definition) is 3. The van der Waals surface area contributed by atoms with Gasteiger partial charge in [0.25, 0.3) is 0 Å². The Hall–Kier alpha value is -2.91. The molecule has 2 rings (SSSR count). The minimum absolute atomic E-state index is 0.00302. The zero-order valence-corrected chi connectivity index (χ0v) is 22.9. The second-order valence-electron chi connectivity index (χ2n) is 8.61. The first-order chi connectivity index (χ1) is 17.3. The summed E-state index contributed by atoms with van der Waals surface area (Å²) in [5.74, 6) is -0.683. The van der Waals surface area contributed by atoms with Crippen LogP contribution < -0.4 is 21.2 Å². The van der Waals surface area contributed by atoms with Gasteiger partial charge in [-0.15, -0.1) is 0 Å². The second kappa shape index (κ2) is 12.6. The number of Topliss-reactive ketones (excluding diaryl/α,β-unsaturated/α-hetero) is 1. The van der Waals surface area contributed by atoms with Gasteiger partial charge >= 0.3 is 203 Å². The molecular formula is C28H29F5IN2O-. The summed E-state index contributed by atoms with van der Waals surface area (Å²) < 4.78 is 71.9. The van der Waals surface area contributed by atoms with Crippen molar-refractivity contribution >= 4 is 11.5 Å². The molecular weight excluding hydrogens is 602 g/mol. The summed E-state index contributed by atoms with van der Waals surface area (Å²) in [4.78, 5) is 15.5. The third-order valence-corrected chi connectivity index (χ3v) is 6.84. The maximum absolute atomic E-state index is 14.0. The number of nitrogens with zero attached hydrogens (tertiary/aromatic N) is 2. The van der Waals surface area contributed by atoms with Crippen LogP contribution in [-0.4, -0.2) is 47.8 Å². The second-order valence-corrected chi connectivity index (χ2v) is 10.8. The van der Waals surface area contributed by atoms with Gasteiger partial charge in [-0.25, -0.2) is 8.78 Å². The molecule has 0 aliphatic heterocycles. The van der Waals surface area contributed by atoms with Gasteiger partial charge in [-0.1, -0.05) is 0 Å². The maximum atomic E-state index is 14.0. The first-order valence-electron chi connectivity index (χ1n) is 11.1. The van der Waals surface area contributed by atoms with Crippen LogP contribution in [0.3, 0.4) is 0 Å². The Balaban J connectivity index is 2.46. The van der Waals surface area contributed by atoms with Gasteiger partial charge in [-0.2, -0.15) is 0 Å². The standard InChI is InChI=1S/C28H29F5IN2O/c1-7-34-15-12-24(36(8-2)27(13-14-27)28(31,32)33)22-11-9-10-21(17-22)16-19(3)25(37)23(18-35(5)6)20(4)26(29)30/h7-11,15,17-18,26H,1-4,13-14,16H2,5-6H3/q-1/b23-18+. The number of hydrogen-bond donors (Lipinski definition) is 0. The van der Waals surface area contributed by atoms with E-state index < -0.39 is 50.7 Å². The van der Waals surface area contributed by atoms with Gasteiger partial charge in [0.2, 0.25) is 0 Å². The van der Waals surface area contributed by atoms with Crippen LogP contribution in [0.1, 0.15) is 24.0 Å². The van der Waals surface area contributed by atoms with E-state index in [1.54, 1.807) is 46.5 Å². The van der Waals surface area contributed by atoms with Crippen molar-refractivity contribution < 1.29 is 48.0 Å². The van der Waals surface area contributed by atoms with Gasteiger partial charge in [0, 0.05) is 14.1 Å². The Labute approximate surface area is 225 Å². The van der Waals surface area contributed by atoms with E-state index >= 15 is 0 Å². The molecule has 200 valence electrons. The molecule has 1 aromatic carbocycles. The first-order valence-corrected chi connectivity index (χ1v) is 13.6. The molecule has 0 bridgehead atoms. The SMILES string of the molecule is C=C[I-]C=C=C(c1cccc(CC(=C)C(=O)/C(=C/N(C)C)C(=C)C(F)F)c1)N(C=C)C1(C(F)(F)F)CC1. The van der Waals surface area contributed by atoms with Crippen LogP contribution in [-0.2, 0) is 11.2 Å². The van der Waals surface area contributed by atoms with Crippen molar-refractivity contribution in [3.8, 4) is 0 Å². The molecule has 0 spiro atoms. The summed E-state index contributed by atoms with van der Waals surface area (Å²) in [7, 11) is 3.18. The van der Waals surface area contributed by atoms with Crippen LogP contribution in [0, 0.1) is 0 Å². The van der Waals surface area contributed by atoms with Crippen molar-refractivity contribution in [3.05, 3.63) is 105 Å². The number of carbonyl (C=O) groups is 1. The van der Waals surface area contributed by atoms with Crippen LogP contribution in [0.15, 0.2) is 93.6 Å². The third-order valence-electron chi connectivity index (χ3n) is 5.66. The summed E-state index contributed by atoms with van der Waals surface area (Å²) in [5.41, 5.74) is 1.34. The van der Waals surface area contributed by atoms with E-state index in [1.807, 2.05) is 0 Å². The Morgan fingerprint density at radius 3 is 2.35 bits per heavy atom. The fourth-order valence-electron chi connectivity index (χ4n) is 3.69. The molecule has 37 heavy (non-hydrogen) atoms. The Kier molecular flexibility index (Phi) is 10.3. The summed E-state index contributed by atoms with van der Waals surface area (Å²) >= 11 is -0.606. The van der Waals surface area contributed by atoms with E-state index in [1.165, 1.54) is 11.1 Å². The van der Waals surface area contributed by atoms with E-state index in [0.29, 0.717) is 11.1 Å². The van der Waals surface area contributed by atoms with Gasteiger partial charge < -0.3 is 0 Å². The monoisotopic (exact) mass is 631 g/mol. The van der Waals surface area contributed by atoms with Crippen molar-refractivity contribution in [2.45, 2.75) is 37.4 Å². The zero-order chi connectivity index (χ0) is 28.0. The summed E-state index contributed by atoms with van der Waals surface area (Å²) in [6, 6.07) is 6.62. The predicted octanol–water partition coefficient (Wildman–Crippen LogP) is 3.85. The molecule has 0 unspecified atom stereocenters. The van der Waals surface area contributed by atoms with Crippen LogP contribution in [0.4, 0.5) is 22.0 Å². The van der Waals surface area contributed by atoms with Gasteiger partial charge in [-0.05, 0) is 0 Å². The quantitative estimate of drug-likeness (QED) is 0.109. The number of rotatable bonds is 13. The first kappa shape index (κ1) is 30.3. The van der Waals surface area contributed by atoms with Crippen molar-refractivity contribution in [3.63, 3.8) is 0 Å². The predicted molar refractivity (Wildman–Crippen MR) is 133 cm³/mol. The van der Waals surface area contributed by atoms with Gasteiger partial charge in [0.15, 0.2) is 0 Å². The van der Waals surface area contributed by atoms with Gasteiger partial charge in [-0.3, -0.25) is 0 Å². The van der Waals surface area contributed by atoms with Gasteiger partial charge in [0.05, 0.1) is 0 Å². The van der Waals surface area contributed by atoms with Crippen LogP contribution in [0.25, 0.3) is 5.70 Å². The Morgan fingerprint density at radius 2 is 1.86 bits per heavy atom. The number of halogens is 6. The molecule has 1 aliphatic rings. The van der Waals surface area contributed by atoms with E-state index in [0.717, 1.165) is 11.1 Å². The summed E-state index contributed by atoms with van der Waals surface area (Å²) in [6.45, 7) is 14.4. The van der Waals surface area contributed by atoms with Crippen molar-refractivity contribution in [1.82, 2.24) is 9.80 Å². The molecule has 1 aromatic rings. The van der Waals surface area contributed by atoms with Crippen molar-refractivity contribution in [2.24, 2.45) is 0 Å². The minimum atomic E-state index is -4.47. The molecule has 0 saturated heterocycles. The number of ketones is 1. The molecule has 9 heteroatoms. The molecule has 0 amide bonds. The number of allylic oxidation sites excluding steroid dienone is 3. The summed E-state index contributed by atoms with van der Waals surface area (Å²) in [6.07, 6.45) is -5.09. The molecule has 1 aliphatic carbocycles. The van der Waals surface area contributed by atoms with E-state index in [2.05, 4.69) is 32.0 Å². The van der Waals surface area contributed by atoms with E-state index in [4.69, 9.17) is 0 Å². The molecule has 0 N–H and O–H groups in total. The van der Waals surface area contributed by atoms with Gasteiger partial charge in [0.1, 0.15) is 0 Å². The topological polar surface area (TPSA) is 23.6 Å². The van der Waals surface area contributed by atoms with Crippen LogP contribution >= 0.6 is 0 Å². The Bertz CT molecular complexity index is 1170. The number of alkyl halides is 5. The van der Waals surface area contributed by atoms with E-state index in [9.17, 15) is 26.7 Å². The number of carbonyl (C=O) groups excluding carboxylic acids is 1. The van der Waals surface area contributed by atoms with Crippen LogP contribution in [0.5, 0.6) is 0 Å². The molecule has 0 heterocycles. The molecule has 1 saturated carbocycles. The molecule has 1 fully saturated rings. The fourth-order valence-corrected chi connectivity index (χ4v) is 4.42. The third kappa shape index (κ3) is 7.32. The molecule has 0 radical (unpaired) electrons. The van der Waals surface area contributed by atoms with Crippen molar-refractivity contribution in [1.29, 1.82) is 0 Å². The van der Waals surface area contributed by atoms with Crippen LogP contribution in [0.2, 0.25) is 0 Å². The molecule has 3 nitrogen and oxygen atoms in total. The Morgan fingerprint density at radius 1 is 1.22 bits per heavy atom. The molecule has 0 atom stereocenters. The molecule has 0 aromatic heterocycles. The average Bonchev–Trinajstić information content (AvgIpc) is 3.63. The zero-order valence-electron chi connectivity index (χ0n) is 20.7. The van der Waals surface area contributed by atoms with Crippen molar-refractivity contribution in [2.75, 3.05) is 14.1 Å². The number of benzene rings is 1. The fraction of sp³-hybridized carbons (Fsp3) is 0.286. The van der Waals surface area contributed by atoms with E-state index in [-0.39, 0.29) is 36.1 Å². The average molecular weight is 631 g/mol. The summed E-state index contributed by atoms with van der Waals surface area (Å²) in [5, 5.41) is 0.